The minimum Gasteiger partial charge on any atom is -0.493 e. The van der Waals surface area contributed by atoms with E-state index in [1.807, 2.05) is 12.1 Å². The molecule has 144 valence electrons. The van der Waals surface area contributed by atoms with Crippen molar-refractivity contribution < 1.29 is 19.0 Å². The number of hydrogen-bond donors (Lipinski definition) is 1. The number of nitrogens with one attached hydrogen (secondary N) is 1. The molecule has 2 aromatic rings. The highest BCUT2D eigenvalue weighted by Crippen LogP contribution is 2.40. The monoisotopic (exact) mass is 369 g/mol. The van der Waals surface area contributed by atoms with Crippen LogP contribution in [0.2, 0.25) is 0 Å². The number of hydrogen-bond acceptors (Lipinski definition) is 4. The fourth-order valence-corrected chi connectivity index (χ4v) is 3.70. The summed E-state index contributed by atoms with van der Waals surface area (Å²) in [7, 11) is 4.65. The van der Waals surface area contributed by atoms with Crippen LogP contribution in [0.25, 0.3) is 0 Å². The topological polar surface area (TPSA) is 56.8 Å². The van der Waals surface area contributed by atoms with Gasteiger partial charge < -0.3 is 19.5 Å². The molecule has 1 amide bonds. The minimum atomic E-state index is -0.167. The molecule has 0 unspecified atom stereocenters. The second-order valence-electron chi connectivity index (χ2n) is 6.83. The van der Waals surface area contributed by atoms with Crippen LogP contribution in [0, 0.1) is 0 Å². The van der Waals surface area contributed by atoms with Crippen LogP contribution in [0.15, 0.2) is 36.4 Å². The zero-order valence-corrected chi connectivity index (χ0v) is 16.2. The van der Waals surface area contributed by atoms with Crippen LogP contribution in [0.3, 0.4) is 0 Å². The lowest BCUT2D eigenvalue weighted by Crippen LogP contribution is -2.12. The lowest BCUT2D eigenvalue weighted by atomic mass is 9.84. The van der Waals surface area contributed by atoms with E-state index in [1.165, 1.54) is 37.7 Å². The molecule has 0 spiro atoms. The fraction of sp³-hybridized carbons (Fsp3) is 0.409. The summed E-state index contributed by atoms with van der Waals surface area (Å²) < 4.78 is 16.0. The third kappa shape index (κ3) is 4.35. The molecule has 0 atom stereocenters. The van der Waals surface area contributed by atoms with E-state index in [9.17, 15) is 4.79 Å². The van der Waals surface area contributed by atoms with Crippen molar-refractivity contribution in [2.75, 3.05) is 26.6 Å². The predicted molar refractivity (Wildman–Crippen MR) is 106 cm³/mol. The summed E-state index contributed by atoms with van der Waals surface area (Å²) in [5, 5.41) is 2.90. The van der Waals surface area contributed by atoms with Crippen molar-refractivity contribution in [1.29, 1.82) is 0 Å². The van der Waals surface area contributed by atoms with Crippen LogP contribution >= 0.6 is 0 Å². The molecule has 0 bridgehead atoms. The van der Waals surface area contributed by atoms with Crippen molar-refractivity contribution in [2.24, 2.45) is 0 Å². The first-order valence-corrected chi connectivity index (χ1v) is 9.37. The molecular formula is C22H27NO4. The SMILES string of the molecule is COc1cc(NC(=O)c2ccc(C3CCCCC3)cc2)cc(OC)c1OC. The maximum atomic E-state index is 12.6. The maximum Gasteiger partial charge on any atom is 0.255 e. The Labute approximate surface area is 160 Å². The summed E-state index contributed by atoms with van der Waals surface area (Å²) in [6.07, 6.45) is 6.43. The van der Waals surface area contributed by atoms with Gasteiger partial charge in [0.1, 0.15) is 0 Å². The first-order chi connectivity index (χ1) is 13.2. The molecule has 1 saturated carbocycles. The van der Waals surface area contributed by atoms with Crippen molar-refractivity contribution in [3.05, 3.63) is 47.5 Å². The summed E-state index contributed by atoms with van der Waals surface area (Å²) in [4.78, 5) is 12.6. The Bertz CT molecular complexity index is 754. The summed E-state index contributed by atoms with van der Waals surface area (Å²) in [6.45, 7) is 0. The van der Waals surface area contributed by atoms with Gasteiger partial charge in [-0.05, 0) is 36.5 Å². The fourth-order valence-electron chi connectivity index (χ4n) is 3.70. The summed E-state index contributed by atoms with van der Waals surface area (Å²) in [5.74, 6) is 1.96. The molecule has 0 saturated heterocycles. The van der Waals surface area contributed by atoms with Gasteiger partial charge in [-0.2, -0.15) is 0 Å². The van der Waals surface area contributed by atoms with Crippen molar-refractivity contribution >= 4 is 11.6 Å². The molecule has 0 aromatic heterocycles. The lowest BCUT2D eigenvalue weighted by Gasteiger charge is -2.22. The number of carbonyl (C=O) groups is 1. The average molecular weight is 369 g/mol. The number of amides is 1. The van der Waals surface area contributed by atoms with E-state index in [4.69, 9.17) is 14.2 Å². The first kappa shape index (κ1) is 19.1. The van der Waals surface area contributed by atoms with Gasteiger partial charge in [0, 0.05) is 23.4 Å². The number of carbonyl (C=O) groups excluding carboxylic acids is 1. The van der Waals surface area contributed by atoms with Crippen LogP contribution in [0.1, 0.15) is 53.9 Å². The number of methoxy groups -OCH3 is 3. The van der Waals surface area contributed by atoms with Crippen molar-refractivity contribution in [3.8, 4) is 17.2 Å². The molecule has 5 nitrogen and oxygen atoms in total. The number of anilines is 1. The van der Waals surface area contributed by atoms with Gasteiger partial charge in [-0.25, -0.2) is 0 Å². The Balaban J connectivity index is 1.75. The Kier molecular flexibility index (Phi) is 6.22. The molecule has 2 aromatic carbocycles. The van der Waals surface area contributed by atoms with E-state index < -0.39 is 0 Å². The summed E-state index contributed by atoms with van der Waals surface area (Å²) in [5.41, 5.74) is 2.55. The molecule has 1 fully saturated rings. The molecule has 0 heterocycles. The van der Waals surface area contributed by atoms with Crippen LogP contribution < -0.4 is 19.5 Å². The van der Waals surface area contributed by atoms with E-state index in [0.29, 0.717) is 34.4 Å². The average Bonchev–Trinajstić information content (AvgIpc) is 2.73. The minimum absolute atomic E-state index is 0.167. The van der Waals surface area contributed by atoms with Crippen molar-refractivity contribution in [2.45, 2.75) is 38.0 Å². The smallest absolute Gasteiger partial charge is 0.255 e. The van der Waals surface area contributed by atoms with Gasteiger partial charge in [0.2, 0.25) is 5.75 Å². The quantitative estimate of drug-likeness (QED) is 0.777. The molecule has 0 aliphatic heterocycles. The number of ether oxygens (including phenoxy) is 3. The second-order valence-corrected chi connectivity index (χ2v) is 6.83. The van der Waals surface area contributed by atoms with Gasteiger partial charge in [-0.1, -0.05) is 31.4 Å². The maximum absolute atomic E-state index is 12.6. The van der Waals surface area contributed by atoms with Crippen molar-refractivity contribution in [1.82, 2.24) is 0 Å². The van der Waals surface area contributed by atoms with E-state index >= 15 is 0 Å². The molecule has 1 N–H and O–H groups in total. The van der Waals surface area contributed by atoms with Gasteiger partial charge in [0.15, 0.2) is 11.5 Å². The Hall–Kier alpha value is -2.69. The molecule has 1 aliphatic carbocycles. The molecule has 3 rings (SSSR count). The van der Waals surface area contributed by atoms with Gasteiger partial charge in [0.05, 0.1) is 21.3 Å². The number of benzene rings is 2. The molecule has 1 aliphatic rings. The number of rotatable bonds is 6. The predicted octanol–water partition coefficient (Wildman–Crippen LogP) is 5.01. The van der Waals surface area contributed by atoms with E-state index in [2.05, 4.69) is 17.4 Å². The van der Waals surface area contributed by atoms with E-state index in [1.54, 1.807) is 33.5 Å². The van der Waals surface area contributed by atoms with Crippen LogP contribution in [0.5, 0.6) is 17.2 Å². The van der Waals surface area contributed by atoms with E-state index in [0.717, 1.165) is 0 Å². The summed E-state index contributed by atoms with van der Waals surface area (Å²) >= 11 is 0. The van der Waals surface area contributed by atoms with Gasteiger partial charge in [-0.15, -0.1) is 0 Å². The van der Waals surface area contributed by atoms with Crippen LogP contribution in [0.4, 0.5) is 5.69 Å². The highest BCUT2D eigenvalue weighted by molar-refractivity contribution is 6.04. The molecule has 5 heteroatoms. The zero-order chi connectivity index (χ0) is 19.2. The normalized spacial score (nSPS) is 14.5. The standard InChI is InChI=1S/C22H27NO4/c1-25-19-13-18(14-20(26-2)21(19)27-3)23-22(24)17-11-9-16(10-12-17)15-7-5-4-6-8-15/h9-15H,4-8H2,1-3H3,(H,23,24). The summed E-state index contributed by atoms with van der Waals surface area (Å²) in [6, 6.07) is 11.4. The molecular weight excluding hydrogens is 342 g/mol. The Morgan fingerprint density at radius 1 is 0.889 bits per heavy atom. The molecule has 27 heavy (non-hydrogen) atoms. The third-order valence-corrected chi connectivity index (χ3v) is 5.17. The van der Waals surface area contributed by atoms with Gasteiger partial charge in [0.25, 0.3) is 5.91 Å². The van der Waals surface area contributed by atoms with Gasteiger partial charge in [-0.3, -0.25) is 4.79 Å². The highest BCUT2D eigenvalue weighted by atomic mass is 16.5. The van der Waals surface area contributed by atoms with Gasteiger partial charge >= 0.3 is 0 Å². The Morgan fingerprint density at radius 2 is 1.48 bits per heavy atom. The zero-order valence-electron chi connectivity index (χ0n) is 16.2. The highest BCUT2D eigenvalue weighted by Gasteiger charge is 2.17. The third-order valence-electron chi connectivity index (χ3n) is 5.17. The van der Waals surface area contributed by atoms with E-state index in [-0.39, 0.29) is 5.91 Å². The largest absolute Gasteiger partial charge is 0.493 e. The first-order valence-electron chi connectivity index (χ1n) is 9.37. The Morgan fingerprint density at radius 3 is 2.00 bits per heavy atom. The second kappa shape index (κ2) is 8.80. The van der Waals surface area contributed by atoms with Crippen LogP contribution in [-0.2, 0) is 0 Å². The molecule has 0 radical (unpaired) electrons. The van der Waals surface area contributed by atoms with Crippen molar-refractivity contribution in [3.63, 3.8) is 0 Å². The van der Waals surface area contributed by atoms with Crippen LogP contribution in [-0.4, -0.2) is 27.2 Å². The lowest BCUT2D eigenvalue weighted by molar-refractivity contribution is 0.102.